The molecule has 1 aromatic rings. The van der Waals surface area contributed by atoms with Gasteiger partial charge in [-0.25, -0.2) is 17.5 Å². The summed E-state index contributed by atoms with van der Waals surface area (Å²) >= 11 is 4.72. The van der Waals surface area contributed by atoms with Crippen molar-refractivity contribution in [1.82, 2.24) is 4.72 Å². The second-order valence-corrected chi connectivity index (χ2v) is 7.79. The van der Waals surface area contributed by atoms with Gasteiger partial charge in [-0.3, -0.25) is 0 Å². The lowest BCUT2D eigenvalue weighted by Gasteiger charge is -2.15. The fourth-order valence-electron chi connectivity index (χ4n) is 2.41. The van der Waals surface area contributed by atoms with E-state index in [4.69, 9.17) is 18.0 Å². The van der Waals surface area contributed by atoms with Crippen molar-refractivity contribution in [2.45, 2.75) is 37.5 Å². The molecule has 1 aliphatic rings. The minimum Gasteiger partial charge on any atom is -0.389 e. The van der Waals surface area contributed by atoms with Crippen LogP contribution in [-0.4, -0.2) is 20.0 Å². The van der Waals surface area contributed by atoms with Crippen LogP contribution in [0.15, 0.2) is 23.1 Å². The van der Waals surface area contributed by atoms with E-state index in [0.29, 0.717) is 6.54 Å². The number of halogens is 1. The van der Waals surface area contributed by atoms with E-state index in [1.165, 1.54) is 12.1 Å². The van der Waals surface area contributed by atoms with E-state index in [0.717, 1.165) is 31.7 Å². The smallest absolute Gasteiger partial charge is 0.240 e. The summed E-state index contributed by atoms with van der Waals surface area (Å²) < 4.78 is 40.7. The number of hydrogen-bond acceptors (Lipinski definition) is 3. The van der Waals surface area contributed by atoms with Gasteiger partial charge in [0.25, 0.3) is 0 Å². The molecule has 1 aromatic carbocycles. The largest absolute Gasteiger partial charge is 0.389 e. The van der Waals surface area contributed by atoms with E-state index >= 15 is 0 Å². The molecule has 0 aliphatic heterocycles. The Morgan fingerprint density at radius 2 is 2.14 bits per heavy atom. The standard InChI is InChI=1S/C14H19FN2O2S2/c1-2-5-14(6-7-14)9-17-21(18,19)10-3-4-12(15)11(8-10)13(16)20/h3-4,8,17H,2,5-7,9H2,1H3,(H2,16,20). The predicted octanol–water partition coefficient (Wildman–Crippen LogP) is 2.32. The molecule has 7 heteroatoms. The van der Waals surface area contributed by atoms with E-state index in [1.807, 2.05) is 0 Å². The third-order valence-electron chi connectivity index (χ3n) is 3.89. The van der Waals surface area contributed by atoms with Crippen LogP contribution >= 0.6 is 12.2 Å². The van der Waals surface area contributed by atoms with Crippen LogP contribution in [0.1, 0.15) is 38.2 Å². The van der Waals surface area contributed by atoms with E-state index in [2.05, 4.69) is 11.6 Å². The number of hydrogen-bond donors (Lipinski definition) is 2. The van der Waals surface area contributed by atoms with Gasteiger partial charge in [-0.1, -0.05) is 25.6 Å². The van der Waals surface area contributed by atoms with Gasteiger partial charge in [-0.05, 0) is 42.9 Å². The maximum atomic E-state index is 13.5. The monoisotopic (exact) mass is 330 g/mol. The molecule has 0 unspecified atom stereocenters. The maximum absolute atomic E-state index is 13.5. The van der Waals surface area contributed by atoms with E-state index in [1.54, 1.807) is 0 Å². The first kappa shape index (κ1) is 16.3. The van der Waals surface area contributed by atoms with Gasteiger partial charge in [0.05, 0.1) is 4.90 Å². The molecule has 21 heavy (non-hydrogen) atoms. The van der Waals surface area contributed by atoms with Crippen LogP contribution in [0.25, 0.3) is 0 Å². The minimum atomic E-state index is -3.68. The summed E-state index contributed by atoms with van der Waals surface area (Å²) in [6, 6.07) is 3.47. The van der Waals surface area contributed by atoms with E-state index in [-0.39, 0.29) is 20.9 Å². The van der Waals surface area contributed by atoms with Gasteiger partial charge >= 0.3 is 0 Å². The fraction of sp³-hybridized carbons (Fsp3) is 0.500. The van der Waals surface area contributed by atoms with Crippen molar-refractivity contribution >= 4 is 27.2 Å². The Hall–Kier alpha value is -1.05. The van der Waals surface area contributed by atoms with Gasteiger partial charge in [0.15, 0.2) is 0 Å². The second-order valence-electron chi connectivity index (χ2n) is 5.58. The third-order valence-corrected chi connectivity index (χ3v) is 5.51. The second kappa shape index (κ2) is 5.98. The summed E-state index contributed by atoms with van der Waals surface area (Å²) in [4.78, 5) is -0.173. The number of nitrogens with two attached hydrogens (primary N) is 1. The normalized spacial score (nSPS) is 16.7. The van der Waals surface area contributed by atoms with Gasteiger partial charge in [-0.2, -0.15) is 0 Å². The average molecular weight is 330 g/mol. The van der Waals surface area contributed by atoms with Crippen LogP contribution in [0, 0.1) is 11.2 Å². The zero-order chi connectivity index (χ0) is 15.7. The summed E-state index contributed by atoms with van der Waals surface area (Å²) in [5.41, 5.74) is 5.45. The molecule has 0 aromatic heterocycles. The number of nitrogens with one attached hydrogen (secondary N) is 1. The van der Waals surface area contributed by atoms with Crippen LogP contribution in [0.5, 0.6) is 0 Å². The number of sulfonamides is 1. The van der Waals surface area contributed by atoms with Crippen molar-refractivity contribution in [2.75, 3.05) is 6.54 Å². The topological polar surface area (TPSA) is 72.2 Å². The van der Waals surface area contributed by atoms with Crippen LogP contribution in [0.4, 0.5) is 4.39 Å². The summed E-state index contributed by atoms with van der Waals surface area (Å²) in [6.07, 6.45) is 4.14. The number of benzene rings is 1. The fourth-order valence-corrected chi connectivity index (χ4v) is 3.75. The van der Waals surface area contributed by atoms with Crippen LogP contribution in [0.2, 0.25) is 0 Å². The zero-order valence-electron chi connectivity index (χ0n) is 11.9. The Morgan fingerprint density at radius 3 is 2.67 bits per heavy atom. The Bertz CT molecular complexity index is 655. The molecule has 0 bridgehead atoms. The molecular formula is C14H19FN2O2S2. The van der Waals surface area contributed by atoms with E-state index in [9.17, 15) is 12.8 Å². The minimum absolute atomic E-state index is 0.0148. The molecule has 0 heterocycles. The predicted molar refractivity (Wildman–Crippen MR) is 84.1 cm³/mol. The average Bonchev–Trinajstić information content (AvgIpc) is 3.17. The Balaban J connectivity index is 2.16. The Kier molecular flexibility index (Phi) is 4.65. The maximum Gasteiger partial charge on any atom is 0.240 e. The van der Waals surface area contributed by atoms with Crippen molar-refractivity contribution in [2.24, 2.45) is 11.1 Å². The molecule has 116 valence electrons. The highest BCUT2D eigenvalue weighted by Gasteiger charge is 2.42. The van der Waals surface area contributed by atoms with Gasteiger partial charge in [0.2, 0.25) is 10.0 Å². The summed E-state index contributed by atoms with van der Waals surface area (Å²) in [7, 11) is -3.68. The molecular weight excluding hydrogens is 311 g/mol. The van der Waals surface area contributed by atoms with Crippen LogP contribution in [-0.2, 0) is 10.0 Å². The molecule has 1 fully saturated rings. The number of rotatable bonds is 7. The lowest BCUT2D eigenvalue weighted by atomic mass is 10.0. The molecule has 4 nitrogen and oxygen atoms in total. The molecule has 0 radical (unpaired) electrons. The molecule has 0 saturated heterocycles. The molecule has 1 saturated carbocycles. The van der Waals surface area contributed by atoms with Crippen LogP contribution in [0.3, 0.4) is 0 Å². The van der Waals surface area contributed by atoms with Crippen molar-refractivity contribution in [1.29, 1.82) is 0 Å². The first-order chi connectivity index (χ1) is 9.80. The SMILES string of the molecule is CCCC1(CNS(=O)(=O)c2ccc(F)c(C(N)=S)c2)CC1. The Morgan fingerprint density at radius 1 is 1.48 bits per heavy atom. The molecule has 1 aliphatic carbocycles. The van der Waals surface area contributed by atoms with Crippen molar-refractivity contribution < 1.29 is 12.8 Å². The molecule has 0 spiro atoms. The Labute approximate surface area is 130 Å². The van der Waals surface area contributed by atoms with Crippen molar-refractivity contribution in [3.63, 3.8) is 0 Å². The summed E-state index contributed by atoms with van der Waals surface area (Å²) in [5, 5.41) is 0. The van der Waals surface area contributed by atoms with Crippen molar-refractivity contribution in [3.05, 3.63) is 29.6 Å². The molecule has 2 rings (SSSR count). The van der Waals surface area contributed by atoms with Gasteiger partial charge in [-0.15, -0.1) is 0 Å². The summed E-state index contributed by atoms with van der Waals surface area (Å²) in [5.74, 6) is -0.619. The molecule has 3 N–H and O–H groups in total. The lowest BCUT2D eigenvalue weighted by Crippen LogP contribution is -2.30. The molecule has 0 amide bonds. The first-order valence-electron chi connectivity index (χ1n) is 6.89. The quantitative estimate of drug-likeness (QED) is 0.753. The van der Waals surface area contributed by atoms with Crippen LogP contribution < -0.4 is 10.5 Å². The molecule has 0 atom stereocenters. The van der Waals surface area contributed by atoms with E-state index < -0.39 is 15.8 Å². The third kappa shape index (κ3) is 3.78. The zero-order valence-corrected chi connectivity index (χ0v) is 13.5. The highest BCUT2D eigenvalue weighted by molar-refractivity contribution is 7.89. The van der Waals surface area contributed by atoms with Gasteiger partial charge in [0, 0.05) is 12.1 Å². The van der Waals surface area contributed by atoms with Gasteiger partial charge in [0.1, 0.15) is 10.8 Å². The highest BCUT2D eigenvalue weighted by Crippen LogP contribution is 2.49. The van der Waals surface area contributed by atoms with Crippen molar-refractivity contribution in [3.8, 4) is 0 Å². The highest BCUT2D eigenvalue weighted by atomic mass is 32.2. The van der Waals surface area contributed by atoms with Gasteiger partial charge < -0.3 is 5.73 Å². The lowest BCUT2D eigenvalue weighted by molar-refractivity contribution is 0.449. The summed E-state index contributed by atoms with van der Waals surface area (Å²) in [6.45, 7) is 2.51. The first-order valence-corrected chi connectivity index (χ1v) is 8.78. The number of thiocarbonyl (C=S) groups is 1.